The van der Waals surface area contributed by atoms with Crippen LogP contribution in [0.15, 0.2) is 12.3 Å². The lowest BCUT2D eigenvalue weighted by Crippen LogP contribution is -2.30. The van der Waals surface area contributed by atoms with Gasteiger partial charge in [0.15, 0.2) is 0 Å². The molecule has 84 valence electrons. The van der Waals surface area contributed by atoms with Crippen LogP contribution in [0.5, 0.6) is 0 Å². The third-order valence-corrected chi connectivity index (χ3v) is 3.19. The molecule has 0 aromatic carbocycles. The van der Waals surface area contributed by atoms with Gasteiger partial charge in [0.05, 0.1) is 11.8 Å². The lowest BCUT2D eigenvalue weighted by Gasteiger charge is -2.18. The van der Waals surface area contributed by atoms with Crippen molar-refractivity contribution in [2.75, 3.05) is 7.11 Å². The third-order valence-electron chi connectivity index (χ3n) is 3.19. The maximum absolute atomic E-state index is 5.35. The van der Waals surface area contributed by atoms with Crippen LogP contribution in [-0.4, -0.2) is 29.5 Å². The number of methoxy groups -OCH3 is 1. The van der Waals surface area contributed by atoms with Crippen LogP contribution in [0.4, 0.5) is 0 Å². The Morgan fingerprint density at radius 2 is 2.47 bits per heavy atom. The molecule has 1 aliphatic carbocycles. The number of H-pyrrole nitrogens is 1. The van der Waals surface area contributed by atoms with E-state index in [1.807, 2.05) is 6.07 Å². The maximum Gasteiger partial charge on any atom is 0.0586 e. The molecule has 2 N–H and O–H groups in total. The van der Waals surface area contributed by atoms with Gasteiger partial charge in [-0.25, -0.2) is 0 Å². The number of aromatic amines is 1. The molecule has 3 atom stereocenters. The van der Waals surface area contributed by atoms with Crippen LogP contribution in [0.2, 0.25) is 0 Å². The third kappa shape index (κ3) is 2.58. The summed E-state index contributed by atoms with van der Waals surface area (Å²) in [7, 11) is 1.80. The van der Waals surface area contributed by atoms with E-state index < -0.39 is 0 Å². The second-order valence-electron chi connectivity index (χ2n) is 4.27. The molecular weight excluding hydrogens is 190 g/mol. The molecule has 1 aromatic heterocycles. The van der Waals surface area contributed by atoms with Gasteiger partial charge in [0, 0.05) is 25.4 Å². The quantitative estimate of drug-likeness (QED) is 0.792. The first-order valence-electron chi connectivity index (χ1n) is 5.57. The summed E-state index contributed by atoms with van der Waals surface area (Å²) in [5.41, 5.74) is 1.15. The average molecular weight is 209 g/mol. The lowest BCUT2D eigenvalue weighted by atomic mass is 10.2. The van der Waals surface area contributed by atoms with Crippen molar-refractivity contribution in [2.24, 2.45) is 0 Å². The number of hydrogen-bond donors (Lipinski definition) is 2. The maximum atomic E-state index is 5.35. The van der Waals surface area contributed by atoms with E-state index in [0.717, 1.165) is 12.1 Å². The van der Waals surface area contributed by atoms with E-state index >= 15 is 0 Å². The standard InChI is InChI=1S/C11H19N3O/c1-8(11-5-6-12-14-11)13-9-3-4-10(7-9)15-2/h5-6,8-10,13H,3-4,7H2,1-2H3,(H,12,14). The van der Waals surface area contributed by atoms with Gasteiger partial charge in [0.1, 0.15) is 0 Å². The van der Waals surface area contributed by atoms with Gasteiger partial charge in [-0.15, -0.1) is 0 Å². The zero-order chi connectivity index (χ0) is 10.7. The minimum atomic E-state index is 0.341. The molecule has 0 spiro atoms. The van der Waals surface area contributed by atoms with Crippen molar-refractivity contribution >= 4 is 0 Å². The fraction of sp³-hybridized carbons (Fsp3) is 0.727. The van der Waals surface area contributed by atoms with Crippen LogP contribution in [0.3, 0.4) is 0 Å². The SMILES string of the molecule is COC1CCC(NC(C)c2ccn[nH]2)C1. The van der Waals surface area contributed by atoms with Crippen LogP contribution in [-0.2, 0) is 4.74 Å². The highest BCUT2D eigenvalue weighted by atomic mass is 16.5. The minimum absolute atomic E-state index is 0.341. The highest BCUT2D eigenvalue weighted by molar-refractivity contribution is 5.03. The molecular formula is C11H19N3O. The molecule has 0 radical (unpaired) electrons. The normalized spacial score (nSPS) is 28.1. The van der Waals surface area contributed by atoms with Gasteiger partial charge in [0.2, 0.25) is 0 Å². The predicted octanol–water partition coefficient (Wildman–Crippen LogP) is 1.63. The van der Waals surface area contributed by atoms with Crippen molar-refractivity contribution in [3.05, 3.63) is 18.0 Å². The van der Waals surface area contributed by atoms with E-state index in [0.29, 0.717) is 18.2 Å². The summed E-state index contributed by atoms with van der Waals surface area (Å²) in [6.45, 7) is 2.16. The Labute approximate surface area is 90.4 Å². The molecule has 4 heteroatoms. The molecule has 15 heavy (non-hydrogen) atoms. The van der Waals surface area contributed by atoms with Crippen LogP contribution in [0.25, 0.3) is 0 Å². The van der Waals surface area contributed by atoms with Gasteiger partial charge in [-0.2, -0.15) is 5.10 Å². The van der Waals surface area contributed by atoms with E-state index in [4.69, 9.17) is 4.74 Å². The highest BCUT2D eigenvalue weighted by Crippen LogP contribution is 2.23. The van der Waals surface area contributed by atoms with Crippen molar-refractivity contribution in [1.29, 1.82) is 0 Å². The van der Waals surface area contributed by atoms with Crippen LogP contribution < -0.4 is 5.32 Å². The number of rotatable bonds is 4. The largest absolute Gasteiger partial charge is 0.381 e. The molecule has 1 aromatic rings. The van der Waals surface area contributed by atoms with Gasteiger partial charge in [0.25, 0.3) is 0 Å². The van der Waals surface area contributed by atoms with Crippen molar-refractivity contribution in [1.82, 2.24) is 15.5 Å². The Hall–Kier alpha value is -0.870. The van der Waals surface area contributed by atoms with Gasteiger partial charge >= 0.3 is 0 Å². The van der Waals surface area contributed by atoms with Gasteiger partial charge in [-0.1, -0.05) is 0 Å². The van der Waals surface area contributed by atoms with E-state index in [1.54, 1.807) is 13.3 Å². The molecule has 4 nitrogen and oxygen atoms in total. The molecule has 1 saturated carbocycles. The van der Waals surface area contributed by atoms with Crippen molar-refractivity contribution in [3.63, 3.8) is 0 Å². The smallest absolute Gasteiger partial charge is 0.0586 e. The highest BCUT2D eigenvalue weighted by Gasteiger charge is 2.25. The van der Waals surface area contributed by atoms with Crippen LogP contribution >= 0.6 is 0 Å². The van der Waals surface area contributed by atoms with Gasteiger partial charge < -0.3 is 10.1 Å². The molecule has 1 fully saturated rings. The first-order valence-corrected chi connectivity index (χ1v) is 5.57. The fourth-order valence-corrected chi connectivity index (χ4v) is 2.26. The summed E-state index contributed by atoms with van der Waals surface area (Å²) in [5, 5.41) is 10.5. The summed E-state index contributed by atoms with van der Waals surface area (Å²) >= 11 is 0. The first kappa shape index (κ1) is 10.6. The fourth-order valence-electron chi connectivity index (χ4n) is 2.26. The van der Waals surface area contributed by atoms with Crippen molar-refractivity contribution < 1.29 is 4.74 Å². The molecule has 0 saturated heterocycles. The number of nitrogens with one attached hydrogen (secondary N) is 2. The van der Waals surface area contributed by atoms with Gasteiger partial charge in [-0.05, 0) is 32.3 Å². The second-order valence-corrected chi connectivity index (χ2v) is 4.27. The number of aromatic nitrogens is 2. The van der Waals surface area contributed by atoms with E-state index in [1.165, 1.54) is 12.8 Å². The molecule has 0 amide bonds. The zero-order valence-corrected chi connectivity index (χ0v) is 9.36. The zero-order valence-electron chi connectivity index (χ0n) is 9.36. The van der Waals surface area contributed by atoms with E-state index in [9.17, 15) is 0 Å². The number of nitrogens with zero attached hydrogens (tertiary/aromatic N) is 1. The molecule has 0 bridgehead atoms. The summed E-state index contributed by atoms with van der Waals surface area (Å²) in [4.78, 5) is 0. The summed E-state index contributed by atoms with van der Waals surface area (Å²) in [6.07, 6.45) is 5.73. The Balaban J connectivity index is 1.83. The molecule has 0 aliphatic heterocycles. The Kier molecular flexibility index (Phi) is 3.38. The van der Waals surface area contributed by atoms with Crippen molar-refractivity contribution in [3.8, 4) is 0 Å². The lowest BCUT2D eigenvalue weighted by molar-refractivity contribution is 0.106. The molecule has 2 rings (SSSR count). The predicted molar refractivity (Wildman–Crippen MR) is 58.6 cm³/mol. The number of ether oxygens (including phenoxy) is 1. The first-order chi connectivity index (χ1) is 7.29. The molecule has 3 unspecified atom stereocenters. The topological polar surface area (TPSA) is 49.9 Å². The Morgan fingerprint density at radius 3 is 3.07 bits per heavy atom. The Morgan fingerprint density at radius 1 is 1.60 bits per heavy atom. The van der Waals surface area contributed by atoms with Crippen LogP contribution in [0.1, 0.15) is 37.9 Å². The Bertz CT molecular complexity index is 286. The van der Waals surface area contributed by atoms with Crippen molar-refractivity contribution in [2.45, 2.75) is 44.4 Å². The molecule has 1 aliphatic rings. The van der Waals surface area contributed by atoms with Crippen LogP contribution in [0, 0.1) is 0 Å². The summed E-state index contributed by atoms with van der Waals surface area (Å²) in [5.74, 6) is 0. The summed E-state index contributed by atoms with van der Waals surface area (Å²) in [6, 6.07) is 2.93. The second kappa shape index (κ2) is 4.77. The van der Waals surface area contributed by atoms with E-state index in [-0.39, 0.29) is 0 Å². The van der Waals surface area contributed by atoms with Gasteiger partial charge in [-0.3, -0.25) is 5.10 Å². The average Bonchev–Trinajstić information content (AvgIpc) is 2.87. The number of hydrogen-bond acceptors (Lipinski definition) is 3. The monoisotopic (exact) mass is 209 g/mol. The minimum Gasteiger partial charge on any atom is -0.381 e. The summed E-state index contributed by atoms with van der Waals surface area (Å²) < 4.78 is 5.35. The molecule has 1 heterocycles. The van der Waals surface area contributed by atoms with E-state index in [2.05, 4.69) is 22.4 Å².